The van der Waals surface area contributed by atoms with Crippen LogP contribution >= 0.6 is 0 Å². The van der Waals surface area contributed by atoms with Gasteiger partial charge in [-0.05, 0) is 17.2 Å². The molecule has 6 heteroatoms. The Balaban J connectivity index is 1.69. The SMILES string of the molecule is CC1COc2ccccc2C1NC(=O)Cc1cccc(CC(F)(F)F)c1. The molecule has 26 heavy (non-hydrogen) atoms. The van der Waals surface area contributed by atoms with Crippen LogP contribution < -0.4 is 10.1 Å². The van der Waals surface area contributed by atoms with Gasteiger partial charge in [-0.2, -0.15) is 13.2 Å². The number of nitrogens with one attached hydrogen (secondary N) is 1. The number of carbonyl (C=O) groups is 1. The van der Waals surface area contributed by atoms with Crippen LogP contribution in [0, 0.1) is 5.92 Å². The van der Waals surface area contributed by atoms with E-state index in [2.05, 4.69) is 5.32 Å². The van der Waals surface area contributed by atoms with E-state index in [0.717, 1.165) is 11.3 Å². The molecule has 0 saturated heterocycles. The Bertz CT molecular complexity index is 789. The predicted octanol–water partition coefficient (Wildman–Crippen LogP) is 4.22. The monoisotopic (exact) mass is 363 g/mol. The molecule has 1 aliphatic heterocycles. The number of amides is 1. The zero-order valence-corrected chi connectivity index (χ0v) is 14.3. The lowest BCUT2D eigenvalue weighted by Crippen LogP contribution is -2.38. The maximum absolute atomic E-state index is 12.5. The fourth-order valence-electron chi connectivity index (χ4n) is 3.20. The molecule has 0 fully saturated rings. The Kier molecular flexibility index (Phi) is 5.20. The Morgan fingerprint density at radius 1 is 1.15 bits per heavy atom. The number of halogens is 3. The summed E-state index contributed by atoms with van der Waals surface area (Å²) < 4.78 is 43.3. The molecule has 2 unspecified atom stereocenters. The quantitative estimate of drug-likeness (QED) is 0.883. The molecule has 1 amide bonds. The number of fused-ring (bicyclic) bond motifs is 1. The van der Waals surface area contributed by atoms with E-state index in [9.17, 15) is 18.0 Å². The van der Waals surface area contributed by atoms with Crippen LogP contribution in [0.3, 0.4) is 0 Å². The summed E-state index contributed by atoms with van der Waals surface area (Å²) in [5.41, 5.74) is 1.65. The highest BCUT2D eigenvalue weighted by Crippen LogP contribution is 2.35. The first-order valence-electron chi connectivity index (χ1n) is 8.47. The number of ether oxygens (including phenoxy) is 1. The Morgan fingerprint density at radius 2 is 1.88 bits per heavy atom. The highest BCUT2D eigenvalue weighted by molar-refractivity contribution is 5.79. The third-order valence-electron chi connectivity index (χ3n) is 4.40. The summed E-state index contributed by atoms with van der Waals surface area (Å²) in [6.45, 7) is 2.49. The van der Waals surface area contributed by atoms with Gasteiger partial charge in [0.15, 0.2) is 0 Å². The molecule has 2 atom stereocenters. The van der Waals surface area contributed by atoms with Crippen LogP contribution in [0.2, 0.25) is 0 Å². The van der Waals surface area contributed by atoms with Crippen LogP contribution in [0.15, 0.2) is 48.5 Å². The second-order valence-electron chi connectivity index (χ2n) is 6.66. The van der Waals surface area contributed by atoms with Gasteiger partial charge in [-0.25, -0.2) is 0 Å². The minimum absolute atomic E-state index is 0.0396. The molecule has 0 radical (unpaired) electrons. The number of carbonyl (C=O) groups excluding carboxylic acids is 1. The van der Waals surface area contributed by atoms with Crippen LogP contribution in [0.5, 0.6) is 5.75 Å². The molecule has 138 valence electrons. The van der Waals surface area contributed by atoms with Crippen molar-refractivity contribution in [3.05, 3.63) is 65.2 Å². The molecule has 3 nitrogen and oxygen atoms in total. The van der Waals surface area contributed by atoms with E-state index in [0.29, 0.717) is 12.2 Å². The van der Waals surface area contributed by atoms with Gasteiger partial charge < -0.3 is 10.1 Å². The third kappa shape index (κ3) is 4.56. The average molecular weight is 363 g/mol. The summed E-state index contributed by atoms with van der Waals surface area (Å²) in [6, 6.07) is 13.4. The van der Waals surface area contributed by atoms with Crippen LogP contribution in [-0.4, -0.2) is 18.7 Å². The molecule has 2 aromatic carbocycles. The van der Waals surface area contributed by atoms with Crippen molar-refractivity contribution in [3.8, 4) is 5.75 Å². The number of rotatable bonds is 4. The molecule has 1 aliphatic rings. The van der Waals surface area contributed by atoms with Crippen molar-refractivity contribution in [2.24, 2.45) is 5.92 Å². The molecule has 0 aliphatic carbocycles. The maximum atomic E-state index is 12.5. The molecule has 0 saturated carbocycles. The van der Waals surface area contributed by atoms with E-state index in [1.807, 2.05) is 31.2 Å². The highest BCUT2D eigenvalue weighted by atomic mass is 19.4. The fourth-order valence-corrected chi connectivity index (χ4v) is 3.20. The number of alkyl halides is 3. The summed E-state index contributed by atoms with van der Waals surface area (Å²) in [5, 5.41) is 3.00. The lowest BCUT2D eigenvalue weighted by Gasteiger charge is -2.32. The highest BCUT2D eigenvalue weighted by Gasteiger charge is 2.29. The minimum atomic E-state index is -4.26. The second kappa shape index (κ2) is 7.40. The van der Waals surface area contributed by atoms with Crippen LogP contribution in [0.1, 0.15) is 29.7 Å². The van der Waals surface area contributed by atoms with E-state index >= 15 is 0 Å². The summed E-state index contributed by atoms with van der Waals surface area (Å²) in [6.07, 6.45) is -5.22. The van der Waals surface area contributed by atoms with Gasteiger partial charge in [0.25, 0.3) is 0 Å². The van der Waals surface area contributed by atoms with Crippen molar-refractivity contribution in [2.45, 2.75) is 32.0 Å². The zero-order chi connectivity index (χ0) is 18.7. The van der Waals surface area contributed by atoms with Gasteiger partial charge in [0.1, 0.15) is 5.75 Å². The molecule has 0 aromatic heterocycles. The molecule has 3 rings (SSSR count). The van der Waals surface area contributed by atoms with E-state index in [1.54, 1.807) is 12.1 Å². The number of para-hydroxylation sites is 1. The van der Waals surface area contributed by atoms with Crippen LogP contribution in [0.4, 0.5) is 13.2 Å². The molecular formula is C20H20F3NO2. The molecule has 2 aromatic rings. The number of benzene rings is 2. The van der Waals surface area contributed by atoms with Gasteiger partial charge in [-0.1, -0.05) is 49.4 Å². The van der Waals surface area contributed by atoms with Gasteiger partial charge in [-0.15, -0.1) is 0 Å². The van der Waals surface area contributed by atoms with Crippen LogP contribution in [0.25, 0.3) is 0 Å². The first-order chi connectivity index (χ1) is 12.3. The fraction of sp³-hybridized carbons (Fsp3) is 0.350. The van der Waals surface area contributed by atoms with Gasteiger partial charge in [0, 0.05) is 11.5 Å². The van der Waals surface area contributed by atoms with Crippen molar-refractivity contribution < 1.29 is 22.7 Å². The van der Waals surface area contributed by atoms with Crippen molar-refractivity contribution in [2.75, 3.05) is 6.61 Å². The largest absolute Gasteiger partial charge is 0.493 e. The lowest BCUT2D eigenvalue weighted by atomic mass is 9.91. The van der Waals surface area contributed by atoms with Crippen molar-refractivity contribution in [1.29, 1.82) is 0 Å². The molecule has 1 heterocycles. The van der Waals surface area contributed by atoms with E-state index in [4.69, 9.17) is 4.74 Å². The van der Waals surface area contributed by atoms with Gasteiger partial charge in [0.2, 0.25) is 5.91 Å². The average Bonchev–Trinajstić information content (AvgIpc) is 2.56. The number of hydrogen-bond donors (Lipinski definition) is 1. The number of hydrogen-bond acceptors (Lipinski definition) is 2. The first kappa shape index (κ1) is 18.3. The van der Waals surface area contributed by atoms with Gasteiger partial charge >= 0.3 is 6.18 Å². The molecule has 1 N–H and O–H groups in total. The zero-order valence-electron chi connectivity index (χ0n) is 14.3. The normalized spacial score (nSPS) is 19.4. The maximum Gasteiger partial charge on any atom is 0.393 e. The Labute approximate surface area is 150 Å². The third-order valence-corrected chi connectivity index (χ3v) is 4.40. The van der Waals surface area contributed by atoms with E-state index < -0.39 is 12.6 Å². The smallest absolute Gasteiger partial charge is 0.393 e. The topological polar surface area (TPSA) is 38.3 Å². The summed E-state index contributed by atoms with van der Waals surface area (Å²) >= 11 is 0. The molecule has 0 spiro atoms. The lowest BCUT2D eigenvalue weighted by molar-refractivity contribution is -0.127. The van der Waals surface area contributed by atoms with Gasteiger partial charge in [-0.3, -0.25) is 4.79 Å². The first-order valence-corrected chi connectivity index (χ1v) is 8.47. The molecular weight excluding hydrogens is 343 g/mol. The summed E-state index contributed by atoms with van der Waals surface area (Å²) in [7, 11) is 0. The molecule has 0 bridgehead atoms. The Morgan fingerprint density at radius 3 is 2.65 bits per heavy atom. The van der Waals surface area contributed by atoms with Crippen molar-refractivity contribution >= 4 is 5.91 Å². The summed E-state index contributed by atoms with van der Waals surface area (Å²) in [4.78, 5) is 12.5. The second-order valence-corrected chi connectivity index (χ2v) is 6.66. The predicted molar refractivity (Wildman–Crippen MR) is 91.9 cm³/mol. The minimum Gasteiger partial charge on any atom is -0.493 e. The summed E-state index contributed by atoms with van der Waals surface area (Å²) in [5.74, 6) is 0.635. The van der Waals surface area contributed by atoms with E-state index in [1.165, 1.54) is 12.1 Å². The van der Waals surface area contributed by atoms with Crippen molar-refractivity contribution in [3.63, 3.8) is 0 Å². The van der Waals surface area contributed by atoms with E-state index in [-0.39, 0.29) is 29.9 Å². The van der Waals surface area contributed by atoms with Crippen molar-refractivity contribution in [1.82, 2.24) is 5.32 Å². The van der Waals surface area contributed by atoms with Gasteiger partial charge in [0.05, 0.1) is 25.5 Å². The standard InChI is InChI=1S/C20H20F3NO2/c1-13-12-26-17-8-3-2-7-16(17)19(13)24-18(25)10-14-5-4-6-15(9-14)11-20(21,22)23/h2-9,13,19H,10-12H2,1H3,(H,24,25). The Hall–Kier alpha value is -2.50. The van der Waals surface area contributed by atoms with Crippen LogP contribution in [-0.2, 0) is 17.6 Å².